The Hall–Kier alpha value is -1.92. The average Bonchev–Trinajstić information content (AvgIpc) is 2.75. The molecule has 0 atom stereocenters. The molecule has 1 aromatic rings. The summed E-state index contributed by atoms with van der Waals surface area (Å²) in [5.74, 6) is -0.754. The SMILES string of the molecule is COC(=O)CN1C(=O)/C(=C/C(C)=Cc2ccccc2)SC1=S. The maximum atomic E-state index is 12.3. The normalized spacial score (nSPS) is 17.3. The highest BCUT2D eigenvalue weighted by molar-refractivity contribution is 8.26. The van der Waals surface area contributed by atoms with E-state index in [1.54, 1.807) is 6.08 Å². The summed E-state index contributed by atoms with van der Waals surface area (Å²) in [5, 5.41) is 0. The number of methoxy groups -OCH3 is 1. The van der Waals surface area contributed by atoms with Crippen LogP contribution in [0.3, 0.4) is 0 Å². The van der Waals surface area contributed by atoms with Crippen LogP contribution in [-0.2, 0) is 14.3 Å². The molecule has 0 aliphatic carbocycles. The first-order valence-electron chi connectivity index (χ1n) is 6.57. The number of hydrogen-bond acceptors (Lipinski definition) is 5. The van der Waals surface area contributed by atoms with E-state index in [2.05, 4.69) is 4.74 Å². The Morgan fingerprint density at radius 2 is 2.05 bits per heavy atom. The van der Waals surface area contributed by atoms with Crippen molar-refractivity contribution < 1.29 is 14.3 Å². The van der Waals surface area contributed by atoms with Crippen molar-refractivity contribution in [2.45, 2.75) is 6.92 Å². The van der Waals surface area contributed by atoms with Gasteiger partial charge >= 0.3 is 5.97 Å². The minimum absolute atomic E-state index is 0.153. The van der Waals surface area contributed by atoms with E-state index >= 15 is 0 Å². The zero-order valence-electron chi connectivity index (χ0n) is 12.2. The summed E-state index contributed by atoms with van der Waals surface area (Å²) >= 11 is 6.34. The number of thiocarbonyl (C=S) groups is 1. The van der Waals surface area contributed by atoms with Gasteiger partial charge in [-0.2, -0.15) is 0 Å². The molecule has 0 radical (unpaired) electrons. The van der Waals surface area contributed by atoms with Gasteiger partial charge in [0.05, 0.1) is 12.0 Å². The van der Waals surface area contributed by atoms with Gasteiger partial charge in [0, 0.05) is 0 Å². The Morgan fingerprint density at radius 1 is 1.36 bits per heavy atom. The molecular weight excluding hydrogens is 318 g/mol. The minimum Gasteiger partial charge on any atom is -0.468 e. The van der Waals surface area contributed by atoms with Gasteiger partial charge < -0.3 is 4.74 Å². The van der Waals surface area contributed by atoms with Crippen LogP contribution in [0, 0.1) is 0 Å². The Balaban J connectivity index is 2.16. The standard InChI is InChI=1S/C16H15NO3S2/c1-11(8-12-6-4-3-5-7-12)9-13-15(19)17(16(21)22-13)10-14(18)20-2/h3-9H,10H2,1-2H3/b11-8?,13-9-. The number of esters is 1. The fraction of sp³-hybridized carbons (Fsp3) is 0.188. The molecule has 0 saturated carbocycles. The third kappa shape index (κ3) is 4.05. The van der Waals surface area contributed by atoms with E-state index in [-0.39, 0.29) is 12.5 Å². The van der Waals surface area contributed by atoms with Crippen molar-refractivity contribution in [3.05, 3.63) is 52.4 Å². The van der Waals surface area contributed by atoms with Gasteiger partial charge in [0.1, 0.15) is 10.9 Å². The Kier molecular flexibility index (Phi) is 5.51. The summed E-state index contributed by atoms with van der Waals surface area (Å²) in [5.41, 5.74) is 1.99. The van der Waals surface area contributed by atoms with Crippen molar-refractivity contribution in [1.82, 2.24) is 4.90 Å². The number of allylic oxidation sites excluding steroid dienone is 2. The maximum Gasteiger partial charge on any atom is 0.325 e. The molecule has 1 amide bonds. The van der Waals surface area contributed by atoms with Crippen molar-refractivity contribution in [1.29, 1.82) is 0 Å². The smallest absolute Gasteiger partial charge is 0.325 e. The fourth-order valence-corrected chi connectivity index (χ4v) is 3.20. The number of amides is 1. The van der Waals surface area contributed by atoms with Crippen LogP contribution in [0.5, 0.6) is 0 Å². The highest BCUT2D eigenvalue weighted by Crippen LogP contribution is 2.31. The summed E-state index contributed by atoms with van der Waals surface area (Å²) in [7, 11) is 1.28. The number of carbonyl (C=O) groups excluding carboxylic acids is 2. The van der Waals surface area contributed by atoms with Crippen molar-refractivity contribution in [3.63, 3.8) is 0 Å². The van der Waals surface area contributed by atoms with Gasteiger partial charge in [-0.15, -0.1) is 0 Å². The van der Waals surface area contributed by atoms with Crippen LogP contribution in [0.1, 0.15) is 12.5 Å². The van der Waals surface area contributed by atoms with Gasteiger partial charge in [-0.25, -0.2) is 0 Å². The molecule has 6 heteroatoms. The molecule has 0 unspecified atom stereocenters. The molecule has 0 N–H and O–H groups in total. The number of rotatable bonds is 4. The second-order valence-electron chi connectivity index (χ2n) is 4.64. The first-order chi connectivity index (χ1) is 10.5. The molecule has 1 saturated heterocycles. The number of nitrogens with zero attached hydrogens (tertiary/aromatic N) is 1. The lowest BCUT2D eigenvalue weighted by atomic mass is 10.1. The third-order valence-corrected chi connectivity index (χ3v) is 4.32. The van der Waals surface area contributed by atoms with Crippen molar-refractivity contribution in [2.75, 3.05) is 13.7 Å². The topological polar surface area (TPSA) is 46.6 Å². The zero-order chi connectivity index (χ0) is 16.1. The highest BCUT2D eigenvalue weighted by Gasteiger charge is 2.33. The van der Waals surface area contributed by atoms with E-state index in [4.69, 9.17) is 12.2 Å². The van der Waals surface area contributed by atoms with Crippen LogP contribution in [-0.4, -0.2) is 34.8 Å². The molecule has 1 aliphatic heterocycles. The molecule has 1 aromatic carbocycles. The van der Waals surface area contributed by atoms with E-state index in [0.29, 0.717) is 9.23 Å². The quantitative estimate of drug-likeness (QED) is 0.481. The van der Waals surface area contributed by atoms with E-state index in [0.717, 1.165) is 11.1 Å². The van der Waals surface area contributed by atoms with Crippen LogP contribution in [0.15, 0.2) is 46.9 Å². The number of thioether (sulfide) groups is 1. The molecular formula is C16H15NO3S2. The number of hydrogen-bond donors (Lipinski definition) is 0. The molecule has 1 fully saturated rings. The number of ether oxygens (including phenoxy) is 1. The average molecular weight is 333 g/mol. The molecule has 4 nitrogen and oxygen atoms in total. The van der Waals surface area contributed by atoms with Crippen LogP contribution >= 0.6 is 24.0 Å². The summed E-state index contributed by atoms with van der Waals surface area (Å²) in [6.45, 7) is 1.76. The summed E-state index contributed by atoms with van der Waals surface area (Å²) in [6.07, 6.45) is 3.76. The van der Waals surface area contributed by atoms with Gasteiger partial charge in [-0.05, 0) is 24.1 Å². The number of carbonyl (C=O) groups is 2. The second kappa shape index (κ2) is 7.38. The highest BCUT2D eigenvalue weighted by atomic mass is 32.2. The third-order valence-electron chi connectivity index (χ3n) is 2.94. The molecule has 0 bridgehead atoms. The van der Waals surface area contributed by atoms with E-state index in [1.165, 1.54) is 23.8 Å². The lowest BCUT2D eigenvalue weighted by Crippen LogP contribution is -2.34. The monoisotopic (exact) mass is 333 g/mol. The molecule has 22 heavy (non-hydrogen) atoms. The van der Waals surface area contributed by atoms with E-state index in [9.17, 15) is 9.59 Å². The Labute approximate surface area is 138 Å². The van der Waals surface area contributed by atoms with Gasteiger partial charge in [0.2, 0.25) is 0 Å². The van der Waals surface area contributed by atoms with Crippen LogP contribution in [0.2, 0.25) is 0 Å². The Morgan fingerprint density at radius 3 is 2.68 bits per heavy atom. The fourth-order valence-electron chi connectivity index (χ4n) is 1.89. The predicted molar refractivity (Wildman–Crippen MR) is 92.1 cm³/mol. The molecule has 1 heterocycles. The lowest BCUT2D eigenvalue weighted by molar-refractivity contribution is -0.143. The second-order valence-corrected chi connectivity index (χ2v) is 6.32. The summed E-state index contributed by atoms with van der Waals surface area (Å²) in [6, 6.07) is 9.83. The minimum atomic E-state index is -0.492. The van der Waals surface area contributed by atoms with E-state index in [1.807, 2.05) is 43.3 Å². The molecule has 1 aliphatic rings. The summed E-state index contributed by atoms with van der Waals surface area (Å²) < 4.78 is 4.94. The molecule has 2 rings (SSSR count). The first-order valence-corrected chi connectivity index (χ1v) is 7.79. The maximum absolute atomic E-state index is 12.3. The van der Waals surface area contributed by atoms with Gasteiger partial charge in [-0.1, -0.05) is 60.4 Å². The molecule has 114 valence electrons. The molecule has 0 spiro atoms. The largest absolute Gasteiger partial charge is 0.468 e. The van der Waals surface area contributed by atoms with Crippen molar-refractivity contribution in [3.8, 4) is 0 Å². The van der Waals surface area contributed by atoms with Crippen LogP contribution in [0.25, 0.3) is 6.08 Å². The predicted octanol–water partition coefficient (Wildman–Crippen LogP) is 3.01. The van der Waals surface area contributed by atoms with Gasteiger partial charge in [-0.3, -0.25) is 14.5 Å². The molecule has 0 aromatic heterocycles. The van der Waals surface area contributed by atoms with E-state index < -0.39 is 5.97 Å². The lowest BCUT2D eigenvalue weighted by Gasteiger charge is -2.11. The van der Waals surface area contributed by atoms with Crippen LogP contribution < -0.4 is 0 Å². The van der Waals surface area contributed by atoms with Crippen LogP contribution in [0.4, 0.5) is 0 Å². The number of benzene rings is 1. The van der Waals surface area contributed by atoms with Gasteiger partial charge in [0.15, 0.2) is 0 Å². The first kappa shape index (κ1) is 16.5. The van der Waals surface area contributed by atoms with Crippen molar-refractivity contribution >= 4 is 46.3 Å². The summed E-state index contributed by atoms with van der Waals surface area (Å²) in [4.78, 5) is 25.4. The zero-order valence-corrected chi connectivity index (χ0v) is 13.9. The van der Waals surface area contributed by atoms with Gasteiger partial charge in [0.25, 0.3) is 5.91 Å². The van der Waals surface area contributed by atoms with Crippen molar-refractivity contribution in [2.24, 2.45) is 0 Å². The Bertz CT molecular complexity index is 665.